The first kappa shape index (κ1) is 12.8. The fraction of sp³-hybridized carbons (Fsp3) is 0.0769. The number of aromatic nitrogens is 3. The summed E-state index contributed by atoms with van der Waals surface area (Å²) in [6.07, 6.45) is 0. The van der Waals surface area contributed by atoms with Gasteiger partial charge in [-0.25, -0.2) is 0 Å². The van der Waals surface area contributed by atoms with Gasteiger partial charge in [-0.05, 0) is 54.4 Å². The maximum atomic E-state index is 5.35. The van der Waals surface area contributed by atoms with Gasteiger partial charge in [0.05, 0.1) is 10.6 Å². The maximum Gasteiger partial charge on any atom is 0.200 e. The number of nitrogens with one attached hydrogen (secondary N) is 1. The Balaban J connectivity index is 2.25. The molecule has 0 bridgehead atoms. The second-order valence-corrected chi connectivity index (χ2v) is 6.40. The molecule has 3 aromatic rings. The van der Waals surface area contributed by atoms with Crippen LogP contribution in [-0.4, -0.2) is 14.8 Å². The molecule has 96 valence electrons. The lowest BCUT2D eigenvalue weighted by atomic mass is 10.2. The van der Waals surface area contributed by atoms with E-state index in [-0.39, 0.29) is 0 Å². The molecule has 1 aromatic carbocycles. The third-order valence-corrected chi connectivity index (χ3v) is 4.30. The summed E-state index contributed by atoms with van der Waals surface area (Å²) in [4.78, 5) is 1.09. The van der Waals surface area contributed by atoms with E-state index in [4.69, 9.17) is 12.2 Å². The zero-order valence-corrected chi connectivity index (χ0v) is 13.3. The molecule has 1 N–H and O–H groups in total. The Morgan fingerprint density at radius 3 is 2.89 bits per heavy atom. The van der Waals surface area contributed by atoms with Crippen LogP contribution in [0.25, 0.3) is 16.4 Å². The van der Waals surface area contributed by atoms with Gasteiger partial charge in [-0.2, -0.15) is 5.10 Å². The van der Waals surface area contributed by atoms with E-state index < -0.39 is 0 Å². The Kier molecular flexibility index (Phi) is 3.38. The van der Waals surface area contributed by atoms with Gasteiger partial charge >= 0.3 is 0 Å². The summed E-state index contributed by atoms with van der Waals surface area (Å²) in [6, 6.07) is 10.2. The van der Waals surface area contributed by atoms with Crippen LogP contribution in [-0.2, 0) is 0 Å². The van der Waals surface area contributed by atoms with Crippen LogP contribution in [0.1, 0.15) is 5.56 Å². The Morgan fingerprint density at radius 1 is 1.37 bits per heavy atom. The third kappa shape index (κ3) is 2.43. The highest BCUT2D eigenvalue weighted by Gasteiger charge is 2.12. The number of halogens is 1. The van der Waals surface area contributed by atoms with E-state index in [1.807, 2.05) is 28.1 Å². The van der Waals surface area contributed by atoms with Crippen molar-refractivity contribution in [2.75, 3.05) is 0 Å². The molecular weight excluding hydrogens is 342 g/mol. The van der Waals surface area contributed by atoms with E-state index in [0.717, 1.165) is 20.9 Å². The molecule has 0 atom stereocenters. The van der Waals surface area contributed by atoms with Gasteiger partial charge in [0.1, 0.15) is 0 Å². The highest BCUT2D eigenvalue weighted by atomic mass is 79.9. The molecule has 0 spiro atoms. The molecule has 2 aromatic heterocycles. The number of aromatic amines is 1. The number of hydrogen-bond donors (Lipinski definition) is 1. The first-order chi connectivity index (χ1) is 9.15. The van der Waals surface area contributed by atoms with Gasteiger partial charge in [-0.1, -0.05) is 22.0 Å². The number of rotatable bonds is 2. The molecule has 0 aliphatic heterocycles. The first-order valence-electron chi connectivity index (χ1n) is 5.64. The van der Waals surface area contributed by atoms with Crippen LogP contribution in [0.15, 0.2) is 40.2 Å². The van der Waals surface area contributed by atoms with Crippen molar-refractivity contribution in [1.29, 1.82) is 0 Å². The normalized spacial score (nSPS) is 10.8. The van der Waals surface area contributed by atoms with Crippen molar-refractivity contribution in [1.82, 2.24) is 14.8 Å². The maximum absolute atomic E-state index is 5.35. The summed E-state index contributed by atoms with van der Waals surface area (Å²) in [5.41, 5.74) is 2.18. The topological polar surface area (TPSA) is 33.6 Å². The molecule has 0 fully saturated rings. The lowest BCUT2D eigenvalue weighted by molar-refractivity contribution is 1.03. The number of nitrogens with zero attached hydrogens (tertiary/aromatic N) is 2. The zero-order valence-electron chi connectivity index (χ0n) is 10.1. The Labute approximate surface area is 128 Å². The Morgan fingerprint density at radius 2 is 2.21 bits per heavy atom. The summed E-state index contributed by atoms with van der Waals surface area (Å²) in [6.45, 7) is 2.06. The summed E-state index contributed by atoms with van der Waals surface area (Å²) in [5.74, 6) is 0.845. The largest absolute Gasteiger partial charge is 0.267 e. The highest BCUT2D eigenvalue weighted by Crippen LogP contribution is 2.27. The minimum atomic E-state index is 0.598. The number of aryl methyl sites for hydroxylation is 1. The fourth-order valence-electron chi connectivity index (χ4n) is 1.95. The van der Waals surface area contributed by atoms with Crippen LogP contribution in [0.5, 0.6) is 0 Å². The predicted molar refractivity (Wildman–Crippen MR) is 84.5 cm³/mol. The van der Waals surface area contributed by atoms with Gasteiger partial charge in [-0.3, -0.25) is 9.67 Å². The molecule has 0 aliphatic carbocycles. The zero-order chi connectivity index (χ0) is 13.4. The smallest absolute Gasteiger partial charge is 0.200 e. The minimum Gasteiger partial charge on any atom is -0.267 e. The molecule has 0 saturated carbocycles. The SMILES string of the molecule is Cc1cc(Br)cc(-n2c(-c3cccs3)n[nH]c2=S)c1. The lowest BCUT2D eigenvalue weighted by Crippen LogP contribution is -1.97. The van der Waals surface area contributed by atoms with Gasteiger partial charge in [-0.15, -0.1) is 11.3 Å². The average molecular weight is 352 g/mol. The molecule has 0 unspecified atom stereocenters. The summed E-state index contributed by atoms with van der Waals surface area (Å²) < 4.78 is 3.59. The molecule has 6 heteroatoms. The van der Waals surface area contributed by atoms with Crippen molar-refractivity contribution in [3.8, 4) is 16.4 Å². The van der Waals surface area contributed by atoms with Crippen LogP contribution < -0.4 is 0 Å². The quantitative estimate of drug-likeness (QED) is 0.677. The van der Waals surface area contributed by atoms with E-state index in [0.29, 0.717) is 4.77 Å². The number of thiophene rings is 1. The van der Waals surface area contributed by atoms with Crippen LogP contribution >= 0.6 is 39.5 Å². The minimum absolute atomic E-state index is 0.598. The summed E-state index contributed by atoms with van der Waals surface area (Å²) in [5, 5.41) is 9.24. The van der Waals surface area contributed by atoms with Crippen molar-refractivity contribution in [3.63, 3.8) is 0 Å². The van der Waals surface area contributed by atoms with Gasteiger partial charge in [0.2, 0.25) is 0 Å². The molecule has 2 heterocycles. The van der Waals surface area contributed by atoms with Gasteiger partial charge in [0.15, 0.2) is 10.6 Å². The van der Waals surface area contributed by atoms with Crippen LogP contribution in [0.3, 0.4) is 0 Å². The molecule has 0 saturated heterocycles. The second kappa shape index (κ2) is 5.03. The molecule has 0 aliphatic rings. The number of hydrogen-bond acceptors (Lipinski definition) is 3. The summed E-state index contributed by atoms with van der Waals surface area (Å²) in [7, 11) is 0. The van der Waals surface area contributed by atoms with Crippen LogP contribution in [0.4, 0.5) is 0 Å². The average Bonchev–Trinajstić information content (AvgIpc) is 2.95. The van der Waals surface area contributed by atoms with Crippen LogP contribution in [0.2, 0.25) is 0 Å². The van der Waals surface area contributed by atoms with E-state index >= 15 is 0 Å². The third-order valence-electron chi connectivity index (χ3n) is 2.70. The van der Waals surface area contributed by atoms with Crippen molar-refractivity contribution in [3.05, 3.63) is 50.5 Å². The molecular formula is C13H10BrN3S2. The molecule has 3 rings (SSSR count). The van der Waals surface area contributed by atoms with Crippen molar-refractivity contribution < 1.29 is 0 Å². The predicted octanol–water partition coefficient (Wildman–Crippen LogP) is 4.73. The van der Waals surface area contributed by atoms with Gasteiger partial charge in [0.25, 0.3) is 0 Å². The molecule has 0 amide bonds. The lowest BCUT2D eigenvalue weighted by Gasteiger charge is -2.07. The van der Waals surface area contributed by atoms with E-state index in [2.05, 4.69) is 45.2 Å². The van der Waals surface area contributed by atoms with Crippen molar-refractivity contribution >= 4 is 39.5 Å². The highest BCUT2D eigenvalue weighted by molar-refractivity contribution is 9.10. The fourth-order valence-corrected chi connectivity index (χ4v) is 3.49. The van der Waals surface area contributed by atoms with Crippen LogP contribution in [0, 0.1) is 11.7 Å². The van der Waals surface area contributed by atoms with E-state index in [9.17, 15) is 0 Å². The Bertz CT molecular complexity index is 751. The molecule has 19 heavy (non-hydrogen) atoms. The second-order valence-electron chi connectivity index (χ2n) is 4.15. The first-order valence-corrected chi connectivity index (χ1v) is 7.72. The van der Waals surface area contributed by atoms with Gasteiger partial charge < -0.3 is 0 Å². The molecule has 0 radical (unpaired) electrons. The molecule has 3 nitrogen and oxygen atoms in total. The van der Waals surface area contributed by atoms with Crippen molar-refractivity contribution in [2.24, 2.45) is 0 Å². The van der Waals surface area contributed by atoms with Gasteiger partial charge in [0, 0.05) is 4.47 Å². The van der Waals surface area contributed by atoms with E-state index in [1.54, 1.807) is 11.3 Å². The van der Waals surface area contributed by atoms with E-state index in [1.165, 1.54) is 5.56 Å². The standard InChI is InChI=1S/C13H10BrN3S2/c1-8-5-9(14)7-10(6-8)17-12(15-16-13(17)18)11-3-2-4-19-11/h2-7H,1H3,(H,16,18). The number of benzene rings is 1. The Hall–Kier alpha value is -1.24. The monoisotopic (exact) mass is 351 g/mol. The summed E-state index contributed by atoms with van der Waals surface area (Å²) >= 11 is 10.5. The van der Waals surface area contributed by atoms with Crippen molar-refractivity contribution in [2.45, 2.75) is 6.92 Å². The number of H-pyrrole nitrogens is 1.